The topological polar surface area (TPSA) is 113 Å². The molecule has 25 heavy (non-hydrogen) atoms. The van der Waals surface area contributed by atoms with Gasteiger partial charge in [0.25, 0.3) is 5.91 Å². The van der Waals surface area contributed by atoms with Crippen molar-refractivity contribution in [3.05, 3.63) is 0 Å². The van der Waals surface area contributed by atoms with Crippen LogP contribution in [0.4, 0.5) is 0 Å². The van der Waals surface area contributed by atoms with Gasteiger partial charge in [-0.2, -0.15) is 0 Å². The van der Waals surface area contributed by atoms with Crippen molar-refractivity contribution in [3.8, 4) is 0 Å². The summed E-state index contributed by atoms with van der Waals surface area (Å²) in [4.78, 5) is 25.1. The second-order valence-electron chi connectivity index (χ2n) is 7.22. The summed E-state index contributed by atoms with van der Waals surface area (Å²) < 4.78 is 33.3. The first-order valence-electron chi connectivity index (χ1n) is 9.05. The number of hydrogen-bond acceptors (Lipinski definition) is 5. The molecule has 3 atom stereocenters. The van der Waals surface area contributed by atoms with Gasteiger partial charge in [0.2, 0.25) is 10.0 Å². The smallest absolute Gasteiger partial charge is 0.332 e. The van der Waals surface area contributed by atoms with Gasteiger partial charge in [0.15, 0.2) is 6.10 Å². The van der Waals surface area contributed by atoms with Gasteiger partial charge in [0.1, 0.15) is 6.10 Å². The predicted octanol–water partition coefficient (Wildman–Crippen LogP) is 0.472. The zero-order chi connectivity index (χ0) is 18.0. The van der Waals surface area contributed by atoms with Gasteiger partial charge in [0.05, 0.1) is 5.25 Å². The molecule has 3 aliphatic rings. The van der Waals surface area contributed by atoms with Gasteiger partial charge in [0, 0.05) is 19.1 Å². The fourth-order valence-corrected chi connectivity index (χ4v) is 5.71. The van der Waals surface area contributed by atoms with E-state index in [2.05, 4.69) is 4.72 Å². The van der Waals surface area contributed by atoms with E-state index in [0.717, 1.165) is 25.7 Å². The van der Waals surface area contributed by atoms with Gasteiger partial charge >= 0.3 is 5.97 Å². The van der Waals surface area contributed by atoms with Crippen LogP contribution in [0.5, 0.6) is 0 Å². The summed E-state index contributed by atoms with van der Waals surface area (Å²) in [7, 11) is -3.46. The van der Waals surface area contributed by atoms with Crippen molar-refractivity contribution in [2.75, 3.05) is 13.1 Å². The summed E-state index contributed by atoms with van der Waals surface area (Å²) in [6.45, 7) is 0.643. The number of likely N-dealkylation sites (tertiary alicyclic amines) is 1. The average Bonchev–Trinajstić information content (AvgIpc) is 3.25. The minimum Gasteiger partial charge on any atom is -0.479 e. The molecule has 1 aliphatic carbocycles. The third kappa shape index (κ3) is 4.32. The molecule has 0 spiro atoms. The molecule has 0 aromatic heterocycles. The minimum atomic E-state index is -3.46. The van der Waals surface area contributed by atoms with Crippen molar-refractivity contribution >= 4 is 21.9 Å². The van der Waals surface area contributed by atoms with Crippen molar-refractivity contribution in [1.82, 2.24) is 9.62 Å². The quantitative estimate of drug-likeness (QED) is 0.723. The SMILES string of the molecule is O=C(O)[C@H]1CC[C@@H](C(=O)N2CCCC(S(=O)(=O)NC3CCCC3)C2)O1. The van der Waals surface area contributed by atoms with Gasteiger partial charge in [-0.3, -0.25) is 4.79 Å². The van der Waals surface area contributed by atoms with E-state index in [9.17, 15) is 18.0 Å². The average molecular weight is 374 g/mol. The molecule has 9 heteroatoms. The minimum absolute atomic E-state index is 0.0190. The van der Waals surface area contributed by atoms with Crippen molar-refractivity contribution in [2.24, 2.45) is 0 Å². The van der Waals surface area contributed by atoms with Crippen LogP contribution in [0.25, 0.3) is 0 Å². The van der Waals surface area contributed by atoms with Crippen LogP contribution in [0.3, 0.4) is 0 Å². The highest BCUT2D eigenvalue weighted by Gasteiger charge is 2.40. The van der Waals surface area contributed by atoms with E-state index in [1.54, 1.807) is 0 Å². The molecule has 142 valence electrons. The van der Waals surface area contributed by atoms with Crippen molar-refractivity contribution in [1.29, 1.82) is 0 Å². The van der Waals surface area contributed by atoms with Gasteiger partial charge < -0.3 is 14.7 Å². The zero-order valence-corrected chi connectivity index (χ0v) is 15.0. The van der Waals surface area contributed by atoms with E-state index in [0.29, 0.717) is 32.2 Å². The lowest BCUT2D eigenvalue weighted by molar-refractivity contribution is -0.155. The van der Waals surface area contributed by atoms with E-state index >= 15 is 0 Å². The number of ether oxygens (including phenoxy) is 1. The fraction of sp³-hybridized carbons (Fsp3) is 0.875. The van der Waals surface area contributed by atoms with E-state index < -0.39 is 33.5 Å². The molecular weight excluding hydrogens is 348 g/mol. The first-order valence-corrected chi connectivity index (χ1v) is 10.6. The lowest BCUT2D eigenvalue weighted by Gasteiger charge is -2.34. The van der Waals surface area contributed by atoms with Crippen LogP contribution in [0.1, 0.15) is 51.4 Å². The summed E-state index contributed by atoms with van der Waals surface area (Å²) in [6.07, 6.45) is 3.97. The summed E-state index contributed by atoms with van der Waals surface area (Å²) in [5.74, 6) is -1.35. The molecule has 3 rings (SSSR count). The second kappa shape index (κ2) is 7.59. The Labute approximate surface area is 147 Å². The normalized spacial score (nSPS) is 31.4. The Bertz CT molecular complexity index is 616. The number of sulfonamides is 1. The molecule has 1 amide bonds. The Morgan fingerprint density at radius 3 is 2.32 bits per heavy atom. The molecule has 0 bridgehead atoms. The Morgan fingerprint density at radius 2 is 1.68 bits per heavy atom. The Morgan fingerprint density at radius 1 is 1.00 bits per heavy atom. The first-order chi connectivity index (χ1) is 11.9. The van der Waals surface area contributed by atoms with Crippen LogP contribution in [0.2, 0.25) is 0 Å². The van der Waals surface area contributed by atoms with Crippen molar-refractivity contribution < 1.29 is 27.9 Å². The molecule has 2 aliphatic heterocycles. The maximum atomic E-state index is 12.6. The van der Waals surface area contributed by atoms with Gasteiger partial charge in [-0.05, 0) is 38.5 Å². The highest BCUT2D eigenvalue weighted by Crippen LogP contribution is 2.25. The summed E-state index contributed by atoms with van der Waals surface area (Å²) in [6, 6.07) is 0.0190. The number of amides is 1. The number of carbonyl (C=O) groups excluding carboxylic acids is 1. The largest absolute Gasteiger partial charge is 0.479 e. The van der Waals surface area contributed by atoms with Crippen LogP contribution >= 0.6 is 0 Å². The van der Waals surface area contributed by atoms with Crippen LogP contribution in [0.15, 0.2) is 0 Å². The summed E-state index contributed by atoms with van der Waals surface area (Å²) in [5.41, 5.74) is 0. The number of carboxylic acids is 1. The summed E-state index contributed by atoms with van der Waals surface area (Å²) >= 11 is 0. The van der Waals surface area contributed by atoms with Crippen LogP contribution in [0, 0.1) is 0 Å². The van der Waals surface area contributed by atoms with Gasteiger partial charge in [-0.25, -0.2) is 17.9 Å². The monoisotopic (exact) mass is 374 g/mol. The molecule has 0 aromatic carbocycles. The Kier molecular flexibility index (Phi) is 5.65. The molecule has 0 aromatic rings. The maximum Gasteiger partial charge on any atom is 0.332 e. The first kappa shape index (κ1) is 18.6. The number of aliphatic carboxylic acids is 1. The third-order valence-electron chi connectivity index (χ3n) is 5.39. The number of nitrogens with zero attached hydrogens (tertiary/aromatic N) is 1. The van der Waals surface area contributed by atoms with E-state index in [4.69, 9.17) is 9.84 Å². The zero-order valence-electron chi connectivity index (χ0n) is 14.2. The maximum absolute atomic E-state index is 12.6. The highest BCUT2D eigenvalue weighted by molar-refractivity contribution is 7.90. The molecule has 2 heterocycles. The van der Waals surface area contributed by atoms with Crippen molar-refractivity contribution in [2.45, 2.75) is 74.9 Å². The third-order valence-corrected chi connectivity index (χ3v) is 7.31. The number of carboxylic acid groups (broad SMARTS) is 1. The van der Waals surface area contributed by atoms with E-state index in [1.807, 2.05) is 0 Å². The number of carbonyl (C=O) groups is 2. The van der Waals surface area contributed by atoms with Gasteiger partial charge in [-0.1, -0.05) is 12.8 Å². The summed E-state index contributed by atoms with van der Waals surface area (Å²) in [5, 5.41) is 8.36. The molecule has 1 unspecified atom stereocenters. The number of hydrogen-bond donors (Lipinski definition) is 2. The molecule has 1 saturated carbocycles. The number of piperidine rings is 1. The second-order valence-corrected chi connectivity index (χ2v) is 9.21. The number of nitrogens with one attached hydrogen (secondary N) is 1. The standard InChI is InChI=1S/C16H26N2O6S/c19-15(13-7-8-14(24-13)16(20)21)18-9-3-6-12(10-18)25(22,23)17-11-4-1-2-5-11/h11-14,17H,1-10H2,(H,20,21)/t12?,13-,14+/m0/s1. The van der Waals surface area contributed by atoms with Gasteiger partial charge in [-0.15, -0.1) is 0 Å². The molecule has 0 radical (unpaired) electrons. The van der Waals surface area contributed by atoms with Crippen LogP contribution < -0.4 is 4.72 Å². The van der Waals surface area contributed by atoms with Crippen LogP contribution in [-0.4, -0.2) is 66.9 Å². The van der Waals surface area contributed by atoms with Crippen molar-refractivity contribution in [3.63, 3.8) is 0 Å². The Hall–Kier alpha value is -1.19. The predicted molar refractivity (Wildman–Crippen MR) is 89.4 cm³/mol. The highest BCUT2D eigenvalue weighted by atomic mass is 32.2. The molecule has 3 fully saturated rings. The molecular formula is C16H26N2O6S. The fourth-order valence-electron chi connectivity index (χ4n) is 3.97. The lowest BCUT2D eigenvalue weighted by atomic mass is 10.1. The van der Waals surface area contributed by atoms with E-state index in [-0.39, 0.29) is 18.5 Å². The van der Waals surface area contributed by atoms with Crippen LogP contribution in [-0.2, 0) is 24.3 Å². The lowest BCUT2D eigenvalue weighted by Crippen LogP contribution is -2.52. The number of rotatable bonds is 5. The Balaban J connectivity index is 1.59. The molecule has 2 saturated heterocycles. The molecule has 8 nitrogen and oxygen atoms in total. The van der Waals surface area contributed by atoms with E-state index in [1.165, 1.54) is 4.90 Å². The molecule has 2 N–H and O–H groups in total.